The lowest BCUT2D eigenvalue weighted by atomic mass is 10.0. The van der Waals surface area contributed by atoms with Crippen LogP contribution in [0.25, 0.3) is 22.1 Å². The topological polar surface area (TPSA) is 76.7 Å². The summed E-state index contributed by atoms with van der Waals surface area (Å²) in [4.78, 5) is 22.8. The van der Waals surface area contributed by atoms with Gasteiger partial charge in [0.05, 0.1) is 5.02 Å². The standard InChI is InChI=1S/C18H12ClFO5/c1-9(18(22)23)24-11-3-5-13-14(8-17(21)25-16(13)7-11)12-4-2-10(20)6-15(12)19/h2-9H,1H3,(H,22,23)/t9-/m1/s1. The van der Waals surface area contributed by atoms with Gasteiger partial charge in [0, 0.05) is 28.6 Å². The third-order valence-electron chi connectivity index (χ3n) is 3.60. The Morgan fingerprint density at radius 3 is 2.64 bits per heavy atom. The molecular weight excluding hydrogens is 351 g/mol. The maximum atomic E-state index is 13.3. The number of hydrogen-bond donors (Lipinski definition) is 1. The van der Waals surface area contributed by atoms with Gasteiger partial charge in [0.1, 0.15) is 17.1 Å². The summed E-state index contributed by atoms with van der Waals surface area (Å²) >= 11 is 6.09. The van der Waals surface area contributed by atoms with Crippen LogP contribution in [0.2, 0.25) is 5.02 Å². The quantitative estimate of drug-likeness (QED) is 0.707. The molecule has 0 saturated heterocycles. The molecule has 0 aliphatic carbocycles. The molecule has 3 rings (SSSR count). The molecule has 0 radical (unpaired) electrons. The van der Waals surface area contributed by atoms with Crippen molar-refractivity contribution in [2.75, 3.05) is 0 Å². The van der Waals surface area contributed by atoms with E-state index in [1.807, 2.05) is 0 Å². The maximum Gasteiger partial charge on any atom is 0.344 e. The van der Waals surface area contributed by atoms with Crippen LogP contribution in [-0.4, -0.2) is 17.2 Å². The molecule has 128 valence electrons. The zero-order valence-corrected chi connectivity index (χ0v) is 13.7. The fourth-order valence-corrected chi connectivity index (χ4v) is 2.67. The molecule has 25 heavy (non-hydrogen) atoms. The van der Waals surface area contributed by atoms with E-state index in [4.69, 9.17) is 25.9 Å². The van der Waals surface area contributed by atoms with Crippen LogP contribution in [-0.2, 0) is 4.79 Å². The monoisotopic (exact) mass is 362 g/mol. The minimum atomic E-state index is -1.12. The normalized spacial score (nSPS) is 12.1. The summed E-state index contributed by atoms with van der Waals surface area (Å²) in [5.41, 5.74) is 0.548. The van der Waals surface area contributed by atoms with Crippen molar-refractivity contribution in [3.8, 4) is 16.9 Å². The first kappa shape index (κ1) is 17.0. The van der Waals surface area contributed by atoms with Gasteiger partial charge in [-0.1, -0.05) is 11.6 Å². The highest BCUT2D eigenvalue weighted by molar-refractivity contribution is 6.33. The summed E-state index contributed by atoms with van der Waals surface area (Å²) in [6, 6.07) is 9.75. The van der Waals surface area contributed by atoms with Crippen LogP contribution in [0.15, 0.2) is 51.7 Å². The highest BCUT2D eigenvalue weighted by Gasteiger charge is 2.15. The molecule has 2 aromatic carbocycles. The average Bonchev–Trinajstić information content (AvgIpc) is 2.53. The molecule has 1 atom stereocenters. The third kappa shape index (κ3) is 3.49. The summed E-state index contributed by atoms with van der Waals surface area (Å²) in [6.07, 6.45) is -1.06. The molecule has 7 heteroatoms. The molecule has 0 saturated carbocycles. The Morgan fingerprint density at radius 2 is 1.96 bits per heavy atom. The molecule has 1 N–H and O–H groups in total. The lowest BCUT2D eigenvalue weighted by Gasteiger charge is -2.12. The second kappa shape index (κ2) is 6.57. The van der Waals surface area contributed by atoms with Crippen molar-refractivity contribution in [3.63, 3.8) is 0 Å². The Kier molecular flexibility index (Phi) is 4.46. The Morgan fingerprint density at radius 1 is 1.20 bits per heavy atom. The predicted molar refractivity (Wildman–Crippen MR) is 90.6 cm³/mol. The van der Waals surface area contributed by atoms with Crippen LogP contribution in [0, 0.1) is 5.82 Å². The van der Waals surface area contributed by atoms with Crippen LogP contribution >= 0.6 is 11.6 Å². The average molecular weight is 363 g/mol. The summed E-state index contributed by atoms with van der Waals surface area (Å²) in [5.74, 6) is -1.36. The number of hydrogen-bond acceptors (Lipinski definition) is 4. The smallest absolute Gasteiger partial charge is 0.344 e. The van der Waals surface area contributed by atoms with Gasteiger partial charge in [-0.05, 0) is 37.3 Å². The van der Waals surface area contributed by atoms with Gasteiger partial charge in [-0.2, -0.15) is 0 Å². The predicted octanol–water partition coefficient (Wildman–Crippen LogP) is 4.10. The number of carboxylic acid groups (broad SMARTS) is 1. The van der Waals surface area contributed by atoms with Crippen LogP contribution in [0.5, 0.6) is 5.75 Å². The van der Waals surface area contributed by atoms with E-state index in [1.54, 1.807) is 12.1 Å². The first-order valence-corrected chi connectivity index (χ1v) is 7.66. The Bertz CT molecular complexity index is 1030. The van der Waals surface area contributed by atoms with Crippen molar-refractivity contribution in [2.24, 2.45) is 0 Å². The lowest BCUT2D eigenvalue weighted by Crippen LogP contribution is -2.22. The number of benzene rings is 2. The van der Waals surface area contributed by atoms with Gasteiger partial charge in [-0.3, -0.25) is 0 Å². The SMILES string of the molecule is C[C@@H](Oc1ccc2c(-c3ccc(F)cc3Cl)cc(=O)oc2c1)C(=O)O. The molecule has 1 heterocycles. The molecule has 1 aromatic heterocycles. The van der Waals surface area contributed by atoms with E-state index >= 15 is 0 Å². The Labute approximate surface area is 146 Å². The van der Waals surface area contributed by atoms with E-state index in [-0.39, 0.29) is 16.4 Å². The minimum absolute atomic E-state index is 0.159. The van der Waals surface area contributed by atoms with Gasteiger partial charge < -0.3 is 14.3 Å². The zero-order chi connectivity index (χ0) is 18.1. The molecule has 0 spiro atoms. The first-order valence-electron chi connectivity index (χ1n) is 7.28. The number of fused-ring (bicyclic) bond motifs is 1. The number of carbonyl (C=O) groups is 1. The summed E-state index contributed by atoms with van der Waals surface area (Å²) in [7, 11) is 0. The second-order valence-corrected chi connectivity index (χ2v) is 5.77. The molecule has 5 nitrogen and oxygen atoms in total. The Hall–Kier alpha value is -2.86. The van der Waals surface area contributed by atoms with Crippen molar-refractivity contribution in [3.05, 3.63) is 63.7 Å². The zero-order valence-electron chi connectivity index (χ0n) is 13.0. The molecular formula is C18H12ClFO5. The highest BCUT2D eigenvalue weighted by Crippen LogP contribution is 2.34. The molecule has 3 aromatic rings. The van der Waals surface area contributed by atoms with Crippen LogP contribution in [0.4, 0.5) is 4.39 Å². The second-order valence-electron chi connectivity index (χ2n) is 5.36. The van der Waals surface area contributed by atoms with Crippen molar-refractivity contribution in [1.82, 2.24) is 0 Å². The highest BCUT2D eigenvalue weighted by atomic mass is 35.5. The lowest BCUT2D eigenvalue weighted by molar-refractivity contribution is -0.144. The van der Waals surface area contributed by atoms with E-state index in [0.717, 1.165) is 6.07 Å². The number of rotatable bonds is 4. The maximum absolute atomic E-state index is 13.3. The van der Waals surface area contributed by atoms with Gasteiger partial charge in [0.2, 0.25) is 0 Å². The van der Waals surface area contributed by atoms with Gasteiger partial charge >= 0.3 is 11.6 Å². The minimum Gasteiger partial charge on any atom is -0.479 e. The van der Waals surface area contributed by atoms with E-state index in [0.29, 0.717) is 16.5 Å². The molecule has 0 amide bonds. The largest absolute Gasteiger partial charge is 0.479 e. The van der Waals surface area contributed by atoms with Crippen LogP contribution in [0.1, 0.15) is 6.92 Å². The van der Waals surface area contributed by atoms with Gasteiger partial charge in [0.15, 0.2) is 6.10 Å². The number of aliphatic carboxylic acids is 1. The van der Waals surface area contributed by atoms with E-state index in [9.17, 15) is 14.0 Å². The van der Waals surface area contributed by atoms with Crippen LogP contribution < -0.4 is 10.4 Å². The molecule has 0 aliphatic rings. The van der Waals surface area contributed by atoms with E-state index < -0.39 is 23.5 Å². The van der Waals surface area contributed by atoms with E-state index in [2.05, 4.69) is 0 Å². The number of halogens is 2. The van der Waals surface area contributed by atoms with E-state index in [1.165, 1.54) is 31.2 Å². The molecule has 0 fully saturated rings. The molecule has 0 aliphatic heterocycles. The van der Waals surface area contributed by atoms with Gasteiger partial charge in [0.25, 0.3) is 0 Å². The van der Waals surface area contributed by atoms with Crippen molar-refractivity contribution < 1.29 is 23.4 Å². The summed E-state index contributed by atoms with van der Waals surface area (Å²) in [6.45, 7) is 1.39. The van der Waals surface area contributed by atoms with Crippen molar-refractivity contribution in [1.29, 1.82) is 0 Å². The Balaban J connectivity index is 2.14. The van der Waals surface area contributed by atoms with Crippen molar-refractivity contribution >= 4 is 28.5 Å². The summed E-state index contributed by atoms with van der Waals surface area (Å²) in [5, 5.41) is 9.62. The first-order chi connectivity index (χ1) is 11.8. The van der Waals surface area contributed by atoms with Crippen molar-refractivity contribution in [2.45, 2.75) is 13.0 Å². The molecule has 0 bridgehead atoms. The van der Waals surface area contributed by atoms with Gasteiger partial charge in [-0.15, -0.1) is 0 Å². The fourth-order valence-electron chi connectivity index (χ4n) is 2.40. The number of ether oxygens (including phenoxy) is 1. The third-order valence-corrected chi connectivity index (χ3v) is 3.91. The van der Waals surface area contributed by atoms with Crippen LogP contribution in [0.3, 0.4) is 0 Å². The molecule has 0 unspecified atom stereocenters. The fraction of sp³-hybridized carbons (Fsp3) is 0.111. The summed E-state index contributed by atoms with van der Waals surface area (Å²) < 4.78 is 23.7. The van der Waals surface area contributed by atoms with Gasteiger partial charge in [-0.25, -0.2) is 14.0 Å². The number of carboxylic acids is 1.